The lowest BCUT2D eigenvalue weighted by Gasteiger charge is -2.08. The minimum absolute atomic E-state index is 0.223. The molecule has 102 valence electrons. The lowest BCUT2D eigenvalue weighted by atomic mass is 10.2. The molecule has 0 amide bonds. The third kappa shape index (κ3) is 3.62. The highest BCUT2D eigenvalue weighted by atomic mass is 16.5. The molecule has 0 aliphatic rings. The van der Waals surface area contributed by atoms with Crippen LogP contribution in [0.15, 0.2) is 61.2 Å². The van der Waals surface area contributed by atoms with E-state index in [9.17, 15) is 4.79 Å². The zero-order chi connectivity index (χ0) is 14.4. The van der Waals surface area contributed by atoms with Gasteiger partial charge in [0.2, 0.25) is 0 Å². The summed E-state index contributed by atoms with van der Waals surface area (Å²) >= 11 is 0. The minimum Gasteiger partial charge on any atom is -0.489 e. The van der Waals surface area contributed by atoms with Gasteiger partial charge in [0, 0.05) is 6.07 Å². The summed E-state index contributed by atoms with van der Waals surface area (Å²) in [7, 11) is 0. The van der Waals surface area contributed by atoms with E-state index in [4.69, 9.17) is 14.6 Å². The Labute approximate surface area is 116 Å². The standard InChI is InChI=1S/C16H14O4/c1-2-10-19-14-4-3-5-15(11-14)20-13-8-6-12(7-9-13)16(17)18/h2-9,11H,1,10H2,(H,17,18). The van der Waals surface area contributed by atoms with Crippen molar-refractivity contribution in [2.75, 3.05) is 6.61 Å². The van der Waals surface area contributed by atoms with Crippen LogP contribution >= 0.6 is 0 Å². The first kappa shape index (κ1) is 13.7. The van der Waals surface area contributed by atoms with Crippen molar-refractivity contribution >= 4 is 5.97 Å². The molecule has 2 rings (SSSR count). The quantitative estimate of drug-likeness (QED) is 0.812. The summed E-state index contributed by atoms with van der Waals surface area (Å²) in [5.74, 6) is 0.909. The Balaban J connectivity index is 2.09. The number of ether oxygens (including phenoxy) is 2. The van der Waals surface area contributed by atoms with E-state index < -0.39 is 5.97 Å². The van der Waals surface area contributed by atoms with E-state index in [2.05, 4.69) is 6.58 Å². The number of rotatable bonds is 6. The maximum atomic E-state index is 10.8. The zero-order valence-corrected chi connectivity index (χ0v) is 10.8. The number of carboxylic acids is 1. The summed E-state index contributed by atoms with van der Waals surface area (Å²) in [6.45, 7) is 4.01. The summed E-state index contributed by atoms with van der Waals surface area (Å²) in [6.07, 6.45) is 1.66. The van der Waals surface area contributed by atoms with E-state index in [1.54, 1.807) is 30.3 Å². The second-order valence-corrected chi connectivity index (χ2v) is 4.01. The Morgan fingerprint density at radius 2 is 1.80 bits per heavy atom. The average Bonchev–Trinajstić information content (AvgIpc) is 2.46. The van der Waals surface area contributed by atoms with Gasteiger partial charge in [0.05, 0.1) is 5.56 Å². The number of hydrogen-bond acceptors (Lipinski definition) is 3. The maximum absolute atomic E-state index is 10.8. The third-order valence-corrected chi connectivity index (χ3v) is 2.51. The van der Waals surface area contributed by atoms with Crippen LogP contribution in [0.3, 0.4) is 0 Å². The van der Waals surface area contributed by atoms with Crippen LogP contribution in [-0.2, 0) is 0 Å². The van der Waals surface area contributed by atoms with E-state index in [1.165, 1.54) is 12.1 Å². The van der Waals surface area contributed by atoms with Gasteiger partial charge in [0.1, 0.15) is 23.9 Å². The summed E-state index contributed by atoms with van der Waals surface area (Å²) < 4.78 is 11.0. The van der Waals surface area contributed by atoms with E-state index in [0.29, 0.717) is 23.9 Å². The van der Waals surface area contributed by atoms with E-state index in [-0.39, 0.29) is 5.56 Å². The fourth-order valence-electron chi connectivity index (χ4n) is 1.58. The minimum atomic E-state index is -0.962. The molecule has 0 fully saturated rings. The van der Waals surface area contributed by atoms with Crippen LogP contribution in [0.25, 0.3) is 0 Å². The molecule has 0 aliphatic heterocycles. The molecule has 0 spiro atoms. The van der Waals surface area contributed by atoms with Gasteiger partial charge in [-0.1, -0.05) is 18.7 Å². The van der Waals surface area contributed by atoms with E-state index in [1.807, 2.05) is 12.1 Å². The molecule has 0 heterocycles. The van der Waals surface area contributed by atoms with Crippen molar-refractivity contribution in [3.63, 3.8) is 0 Å². The fourth-order valence-corrected chi connectivity index (χ4v) is 1.58. The number of benzene rings is 2. The van der Waals surface area contributed by atoms with Crippen molar-refractivity contribution in [2.24, 2.45) is 0 Å². The molecule has 0 radical (unpaired) electrons. The van der Waals surface area contributed by atoms with Gasteiger partial charge < -0.3 is 14.6 Å². The maximum Gasteiger partial charge on any atom is 0.335 e. The highest BCUT2D eigenvalue weighted by molar-refractivity contribution is 5.87. The second-order valence-electron chi connectivity index (χ2n) is 4.01. The second kappa shape index (κ2) is 6.43. The molecular formula is C16H14O4. The van der Waals surface area contributed by atoms with Gasteiger partial charge in [-0.2, -0.15) is 0 Å². The van der Waals surface area contributed by atoms with Gasteiger partial charge in [0.25, 0.3) is 0 Å². The molecule has 20 heavy (non-hydrogen) atoms. The van der Waals surface area contributed by atoms with Crippen LogP contribution < -0.4 is 9.47 Å². The van der Waals surface area contributed by atoms with Gasteiger partial charge in [-0.3, -0.25) is 0 Å². The monoisotopic (exact) mass is 270 g/mol. The molecule has 2 aromatic rings. The van der Waals surface area contributed by atoms with Crippen molar-refractivity contribution in [3.05, 3.63) is 66.7 Å². The van der Waals surface area contributed by atoms with Crippen LogP contribution in [0, 0.1) is 0 Å². The van der Waals surface area contributed by atoms with E-state index in [0.717, 1.165) is 0 Å². The molecule has 4 heteroatoms. The predicted molar refractivity (Wildman–Crippen MR) is 75.6 cm³/mol. The first-order chi connectivity index (χ1) is 9.69. The third-order valence-electron chi connectivity index (χ3n) is 2.51. The Kier molecular flexibility index (Phi) is 4.39. The topological polar surface area (TPSA) is 55.8 Å². The normalized spacial score (nSPS) is 9.80. The largest absolute Gasteiger partial charge is 0.489 e. The van der Waals surface area contributed by atoms with Gasteiger partial charge in [-0.25, -0.2) is 4.79 Å². The summed E-state index contributed by atoms with van der Waals surface area (Å²) in [5.41, 5.74) is 0.223. The number of carboxylic acid groups (broad SMARTS) is 1. The zero-order valence-electron chi connectivity index (χ0n) is 10.8. The van der Waals surface area contributed by atoms with Gasteiger partial charge in [-0.05, 0) is 36.4 Å². The highest BCUT2D eigenvalue weighted by Crippen LogP contribution is 2.25. The average molecular weight is 270 g/mol. The molecule has 0 aliphatic carbocycles. The van der Waals surface area contributed by atoms with Gasteiger partial charge in [0.15, 0.2) is 0 Å². The first-order valence-electron chi connectivity index (χ1n) is 6.04. The van der Waals surface area contributed by atoms with Crippen molar-refractivity contribution in [2.45, 2.75) is 0 Å². The summed E-state index contributed by atoms with van der Waals surface area (Å²) in [4.78, 5) is 10.8. The molecule has 0 atom stereocenters. The summed E-state index contributed by atoms with van der Waals surface area (Å²) in [6, 6.07) is 13.4. The van der Waals surface area contributed by atoms with Crippen LogP contribution in [0.1, 0.15) is 10.4 Å². The number of carbonyl (C=O) groups is 1. The Hall–Kier alpha value is -2.75. The molecule has 0 saturated heterocycles. The van der Waals surface area contributed by atoms with Crippen molar-refractivity contribution in [3.8, 4) is 17.2 Å². The van der Waals surface area contributed by atoms with Crippen LogP contribution in [0.4, 0.5) is 0 Å². The van der Waals surface area contributed by atoms with Crippen molar-refractivity contribution in [1.82, 2.24) is 0 Å². The number of aromatic carboxylic acids is 1. The molecule has 4 nitrogen and oxygen atoms in total. The Bertz CT molecular complexity index is 602. The van der Waals surface area contributed by atoms with Gasteiger partial charge >= 0.3 is 5.97 Å². The molecule has 2 aromatic carbocycles. The van der Waals surface area contributed by atoms with Crippen molar-refractivity contribution in [1.29, 1.82) is 0 Å². The Morgan fingerprint density at radius 3 is 2.45 bits per heavy atom. The Morgan fingerprint density at radius 1 is 1.10 bits per heavy atom. The van der Waals surface area contributed by atoms with Crippen LogP contribution in [-0.4, -0.2) is 17.7 Å². The van der Waals surface area contributed by atoms with Crippen LogP contribution in [0.2, 0.25) is 0 Å². The molecule has 0 aromatic heterocycles. The first-order valence-corrected chi connectivity index (χ1v) is 6.04. The molecule has 0 unspecified atom stereocenters. The number of hydrogen-bond donors (Lipinski definition) is 1. The van der Waals surface area contributed by atoms with Gasteiger partial charge in [-0.15, -0.1) is 0 Å². The molecule has 0 bridgehead atoms. The fraction of sp³-hybridized carbons (Fsp3) is 0.0625. The van der Waals surface area contributed by atoms with Crippen molar-refractivity contribution < 1.29 is 19.4 Å². The lowest BCUT2D eigenvalue weighted by molar-refractivity contribution is 0.0697. The SMILES string of the molecule is C=CCOc1cccc(Oc2ccc(C(=O)O)cc2)c1. The molecule has 1 N–H and O–H groups in total. The highest BCUT2D eigenvalue weighted by Gasteiger charge is 2.03. The lowest BCUT2D eigenvalue weighted by Crippen LogP contribution is -1.95. The molecular weight excluding hydrogens is 256 g/mol. The molecule has 0 saturated carbocycles. The summed E-state index contributed by atoms with van der Waals surface area (Å²) in [5, 5.41) is 8.82. The van der Waals surface area contributed by atoms with Crippen LogP contribution in [0.5, 0.6) is 17.2 Å². The predicted octanol–water partition coefficient (Wildman–Crippen LogP) is 3.74. The van der Waals surface area contributed by atoms with E-state index >= 15 is 0 Å². The smallest absolute Gasteiger partial charge is 0.335 e.